The van der Waals surface area contributed by atoms with Crippen molar-refractivity contribution in [2.24, 2.45) is 11.1 Å². The van der Waals surface area contributed by atoms with E-state index >= 15 is 4.39 Å². The molecule has 6 heterocycles. The van der Waals surface area contributed by atoms with Gasteiger partial charge in [-0.3, -0.25) is 57.6 Å². The van der Waals surface area contributed by atoms with Crippen molar-refractivity contribution in [2.75, 3.05) is 46.1 Å². The van der Waals surface area contributed by atoms with E-state index in [4.69, 9.17) is 24.9 Å². The Morgan fingerprint density at radius 3 is 2.24 bits per heavy atom. The second-order valence-corrected chi connectivity index (χ2v) is 26.0. The van der Waals surface area contributed by atoms with Crippen LogP contribution in [-0.2, 0) is 98.5 Å². The maximum atomic E-state index is 15.6. The van der Waals surface area contributed by atoms with Crippen LogP contribution in [0.5, 0.6) is 0 Å². The number of fused-ring (bicyclic) bond motifs is 5. The second kappa shape index (κ2) is 31.2. The predicted molar refractivity (Wildman–Crippen MR) is 344 cm³/mol. The number of nitrogens with zero attached hydrogens (tertiary/aromatic N) is 3. The molecule has 0 saturated carbocycles. The Balaban J connectivity index is 0.803. The number of hydrogen-bond donors (Lipinski definition) is 13. The number of carbonyl (C=O) groups is 11. The fourth-order valence-electron chi connectivity index (χ4n) is 12.9. The molecule has 0 spiro atoms. The number of aliphatic hydroxyl groups excluding tert-OH is 4. The van der Waals surface area contributed by atoms with Crippen LogP contribution >= 0.6 is 0 Å². The molecule has 10 amide bonds. The zero-order valence-electron chi connectivity index (χ0n) is 55.0. The molecule has 9 atom stereocenters. The number of pyridine rings is 2. The Hall–Kier alpha value is -9.44. The van der Waals surface area contributed by atoms with E-state index in [-0.39, 0.29) is 68.6 Å². The van der Waals surface area contributed by atoms with Crippen LogP contribution in [0.4, 0.5) is 4.39 Å². The molecule has 14 N–H and O–H groups in total. The number of amides is 10. The molecule has 0 bridgehead atoms. The molecule has 532 valence electrons. The van der Waals surface area contributed by atoms with Crippen LogP contribution in [0.3, 0.4) is 0 Å². The van der Waals surface area contributed by atoms with Crippen molar-refractivity contribution in [3.05, 3.63) is 110 Å². The average molecular weight is 1380 g/mol. The molecule has 32 heteroatoms. The molecule has 1 saturated heterocycles. The van der Waals surface area contributed by atoms with Crippen molar-refractivity contribution in [1.29, 1.82) is 0 Å². The molecule has 1 aliphatic carbocycles. The van der Waals surface area contributed by atoms with E-state index in [9.17, 15) is 83.1 Å². The molecular weight excluding hydrogens is 1300 g/mol. The quantitative estimate of drug-likeness (QED) is 0.00957. The van der Waals surface area contributed by atoms with Gasteiger partial charge in [-0.05, 0) is 87.6 Å². The van der Waals surface area contributed by atoms with Gasteiger partial charge in [0.2, 0.25) is 47.3 Å². The SMILES string of the molecule is CC[C@@]1(O)C(=O)OCc2c1cc1n(c2=O)Cc2c-1nc1cc(F)c(C)c3c1c2[C@@H](NC(=O)C(C)(C)COCNC(=O)CNC(=O)[C@H](Cc1ccccc1)NC(=O)CNC(=O)CC(CCC(N)=O)(NC(=O)CCCCCN1C(=O)C=CC1=O)C(=O)NC[C@@H]1O[C@H](CO)[C@@H](O)[C@H](O)[C@H]1O)CC3. The minimum atomic E-state index is -2.31. The van der Waals surface area contributed by atoms with Gasteiger partial charge in [-0.2, -0.15) is 0 Å². The fraction of sp³-hybridized carbons (Fsp3) is 0.507. The number of cyclic esters (lactones) is 1. The van der Waals surface area contributed by atoms with E-state index in [1.165, 1.54) is 10.6 Å². The summed E-state index contributed by atoms with van der Waals surface area (Å²) in [6, 6.07) is 9.26. The lowest BCUT2D eigenvalue weighted by molar-refractivity contribution is -0.227. The maximum absolute atomic E-state index is 15.6. The highest BCUT2D eigenvalue weighted by atomic mass is 19.1. The topological polar surface area (TPSA) is 465 Å². The lowest BCUT2D eigenvalue weighted by atomic mass is 9.81. The van der Waals surface area contributed by atoms with Gasteiger partial charge in [0.05, 0.1) is 73.2 Å². The molecule has 2 aromatic carbocycles. The first kappa shape index (κ1) is 73.8. The van der Waals surface area contributed by atoms with Gasteiger partial charge in [0, 0.05) is 67.1 Å². The van der Waals surface area contributed by atoms with Gasteiger partial charge in [-0.1, -0.05) is 43.7 Å². The third-order valence-electron chi connectivity index (χ3n) is 18.7. The van der Waals surface area contributed by atoms with E-state index < -0.39 is 188 Å². The highest BCUT2D eigenvalue weighted by Gasteiger charge is 2.48. The lowest BCUT2D eigenvalue weighted by Gasteiger charge is -2.40. The summed E-state index contributed by atoms with van der Waals surface area (Å²) < 4.78 is 33.6. The number of imide groups is 1. The highest BCUT2D eigenvalue weighted by molar-refractivity contribution is 6.13. The van der Waals surface area contributed by atoms with Crippen LogP contribution in [0.1, 0.15) is 124 Å². The van der Waals surface area contributed by atoms with E-state index in [0.717, 1.165) is 17.1 Å². The third kappa shape index (κ3) is 16.3. The highest BCUT2D eigenvalue weighted by Crippen LogP contribution is 2.46. The Labute approximate surface area is 566 Å². The minimum Gasteiger partial charge on any atom is -0.458 e. The van der Waals surface area contributed by atoms with Gasteiger partial charge in [0.1, 0.15) is 61.3 Å². The molecular formula is C67H82FN11O20. The molecule has 31 nitrogen and oxygen atoms in total. The van der Waals surface area contributed by atoms with Crippen LogP contribution < -0.4 is 48.5 Å². The summed E-state index contributed by atoms with van der Waals surface area (Å²) in [5, 5.41) is 71.2. The van der Waals surface area contributed by atoms with Gasteiger partial charge < -0.3 is 87.3 Å². The summed E-state index contributed by atoms with van der Waals surface area (Å²) in [5.74, 6) is -9.23. The van der Waals surface area contributed by atoms with Crippen molar-refractivity contribution in [2.45, 2.75) is 165 Å². The van der Waals surface area contributed by atoms with Crippen LogP contribution in [-0.4, -0.2) is 193 Å². The standard InChI is InChI=1S/C67H82FN11O20/c1-5-67(96)39-23-44-56-37(29-79(44)61(92)38(39)31-98-64(67)95)55-41(16-15-36-34(2)40(68)24-42(75-56)54(36)55)76-62(93)65(3,4)32-97-33-73-50(84)27-71-60(91)43(22-35-12-8-6-9-13-35)74-51(85)28-70-49(83)25-66(20-19-47(69)81,63(94)72-26-45-57(88)59(90)58(89)46(30-80)99-45)77-48(82)14-10-7-11-21-78-52(86)17-18-53(78)87/h6,8-9,12-13,17-18,23-24,41,43,45-46,57-59,80,88-90,96H,5,7,10-11,14-16,19-22,25-33H2,1-4H3,(H2,69,81)(H,70,83)(H,71,91)(H,72,94)(H,73,84)(H,74,85)(H,76,93)(H,77,82)/t41-,43-,45-,46+,57-,58+,59+,66?,67-/m0/s1. The number of primary amides is 1. The number of esters is 1. The van der Waals surface area contributed by atoms with Gasteiger partial charge in [0.25, 0.3) is 17.4 Å². The first-order valence-electron chi connectivity index (χ1n) is 32.6. The van der Waals surface area contributed by atoms with Crippen LogP contribution in [0, 0.1) is 18.2 Å². The predicted octanol–water partition coefficient (Wildman–Crippen LogP) is -2.34. The number of nitrogens with one attached hydrogen (secondary N) is 7. The molecule has 4 aliphatic heterocycles. The zero-order chi connectivity index (χ0) is 71.8. The van der Waals surface area contributed by atoms with Gasteiger partial charge >= 0.3 is 5.97 Å². The van der Waals surface area contributed by atoms with Crippen molar-refractivity contribution in [1.82, 2.24) is 51.7 Å². The smallest absolute Gasteiger partial charge is 0.343 e. The number of unbranched alkanes of at least 4 members (excludes halogenated alkanes) is 2. The third-order valence-corrected chi connectivity index (χ3v) is 18.7. The zero-order valence-corrected chi connectivity index (χ0v) is 55.0. The first-order chi connectivity index (χ1) is 47.0. The number of aromatic nitrogens is 2. The summed E-state index contributed by atoms with van der Waals surface area (Å²) in [6.45, 7) is 2.71. The molecule has 9 rings (SSSR count). The second-order valence-electron chi connectivity index (χ2n) is 26.0. The average Bonchev–Trinajstić information content (AvgIpc) is 1.61. The molecule has 4 aromatic rings. The van der Waals surface area contributed by atoms with Gasteiger partial charge in [0.15, 0.2) is 5.60 Å². The number of nitrogens with two attached hydrogens (primary N) is 1. The van der Waals surface area contributed by atoms with Gasteiger partial charge in [-0.15, -0.1) is 0 Å². The maximum Gasteiger partial charge on any atom is 0.343 e. The normalized spacial score (nSPS) is 21.5. The van der Waals surface area contributed by atoms with Crippen LogP contribution in [0.2, 0.25) is 0 Å². The number of halogens is 1. The summed E-state index contributed by atoms with van der Waals surface area (Å²) in [6.07, 6.45) is -7.02. The van der Waals surface area contributed by atoms with Crippen molar-refractivity contribution < 1.29 is 96.9 Å². The molecule has 2 aromatic heterocycles. The number of carbonyl (C=O) groups excluding carboxylic acids is 11. The first-order valence-corrected chi connectivity index (χ1v) is 32.6. The fourth-order valence-corrected chi connectivity index (χ4v) is 12.9. The minimum absolute atomic E-state index is 0.0230. The Bertz CT molecular complexity index is 3940. The number of aliphatic hydroxyl groups is 5. The number of rotatable bonds is 31. The largest absolute Gasteiger partial charge is 0.458 e. The molecule has 0 radical (unpaired) electrons. The van der Waals surface area contributed by atoms with Gasteiger partial charge in [-0.25, -0.2) is 14.2 Å². The Morgan fingerprint density at radius 1 is 0.838 bits per heavy atom. The summed E-state index contributed by atoms with van der Waals surface area (Å²) in [7, 11) is 0. The van der Waals surface area contributed by atoms with E-state index in [2.05, 4.69) is 37.2 Å². The molecule has 1 fully saturated rings. The Kier molecular flexibility index (Phi) is 23.2. The van der Waals surface area contributed by atoms with Crippen molar-refractivity contribution in [3.8, 4) is 11.4 Å². The monoisotopic (exact) mass is 1380 g/mol. The van der Waals surface area contributed by atoms with Crippen molar-refractivity contribution in [3.63, 3.8) is 0 Å². The molecule has 5 aliphatic rings. The Morgan fingerprint density at radius 2 is 1.55 bits per heavy atom. The van der Waals surface area contributed by atoms with Crippen LogP contribution in [0.25, 0.3) is 22.3 Å². The molecule has 1 unspecified atom stereocenters. The van der Waals surface area contributed by atoms with E-state index in [1.54, 1.807) is 64.1 Å². The van der Waals surface area contributed by atoms with Crippen molar-refractivity contribution >= 4 is 75.9 Å². The number of hydrogen-bond acceptors (Lipinski definition) is 21. The lowest BCUT2D eigenvalue weighted by Crippen LogP contribution is -2.64. The summed E-state index contributed by atoms with van der Waals surface area (Å²) in [4.78, 5) is 166. The number of aryl methyl sites for hydroxylation is 1. The van der Waals surface area contributed by atoms with E-state index in [0.29, 0.717) is 70.3 Å². The van der Waals surface area contributed by atoms with E-state index in [1.807, 2.05) is 0 Å². The number of ether oxygens (including phenoxy) is 3. The molecule has 99 heavy (non-hydrogen) atoms. The summed E-state index contributed by atoms with van der Waals surface area (Å²) >= 11 is 0. The summed E-state index contributed by atoms with van der Waals surface area (Å²) in [5.41, 5.74) is 3.45. The number of benzene rings is 2. The van der Waals surface area contributed by atoms with Crippen LogP contribution in [0.15, 0.2) is 59.4 Å².